The van der Waals surface area contributed by atoms with Crippen LogP contribution in [0.5, 0.6) is 0 Å². The predicted octanol–water partition coefficient (Wildman–Crippen LogP) is 1.66. The molecule has 0 aliphatic heterocycles. The first kappa shape index (κ1) is 13.9. The highest BCUT2D eigenvalue weighted by atomic mass is 16.5. The summed E-state index contributed by atoms with van der Waals surface area (Å²) in [6.07, 6.45) is 3.77. The van der Waals surface area contributed by atoms with Gasteiger partial charge in [-0.2, -0.15) is 0 Å². The Morgan fingerprint density at radius 1 is 1.41 bits per heavy atom. The number of likely N-dealkylation sites (N-methyl/N-ethyl adjacent to an activating group) is 1. The van der Waals surface area contributed by atoms with Crippen molar-refractivity contribution in [3.05, 3.63) is 24.0 Å². The number of rotatable bonds is 8. The lowest BCUT2D eigenvalue weighted by Crippen LogP contribution is -2.28. The summed E-state index contributed by atoms with van der Waals surface area (Å²) < 4.78 is 5.41. The lowest BCUT2D eigenvalue weighted by Gasteiger charge is -2.25. The highest BCUT2D eigenvalue weighted by Crippen LogP contribution is 2.18. The van der Waals surface area contributed by atoms with E-state index in [-0.39, 0.29) is 0 Å². The van der Waals surface area contributed by atoms with E-state index in [9.17, 15) is 0 Å². The highest BCUT2D eigenvalue weighted by Gasteiger charge is 2.08. The van der Waals surface area contributed by atoms with Crippen molar-refractivity contribution in [2.45, 2.75) is 20.4 Å². The molecule has 0 bridgehead atoms. The van der Waals surface area contributed by atoms with Gasteiger partial charge in [-0.25, -0.2) is 0 Å². The number of hydrogen-bond acceptors (Lipinski definition) is 4. The van der Waals surface area contributed by atoms with Gasteiger partial charge < -0.3 is 15.0 Å². The second-order valence-corrected chi connectivity index (χ2v) is 3.81. The third-order valence-electron chi connectivity index (χ3n) is 2.68. The summed E-state index contributed by atoms with van der Waals surface area (Å²) in [6, 6.07) is 2.07. The number of ether oxygens (including phenoxy) is 1. The largest absolute Gasteiger partial charge is 0.380 e. The minimum atomic E-state index is 0.770. The molecule has 1 aromatic rings. The summed E-state index contributed by atoms with van der Waals surface area (Å²) in [6.45, 7) is 8.47. The van der Waals surface area contributed by atoms with Crippen molar-refractivity contribution in [2.24, 2.45) is 0 Å². The quantitative estimate of drug-likeness (QED) is 0.698. The van der Waals surface area contributed by atoms with Gasteiger partial charge in [0.15, 0.2) is 0 Å². The molecule has 0 radical (unpaired) electrons. The van der Waals surface area contributed by atoms with Gasteiger partial charge in [-0.3, -0.25) is 4.98 Å². The first-order chi connectivity index (χ1) is 8.33. The fourth-order valence-electron chi connectivity index (χ4n) is 1.82. The van der Waals surface area contributed by atoms with E-state index in [1.807, 2.05) is 26.4 Å². The second kappa shape index (κ2) is 8.03. The van der Waals surface area contributed by atoms with Crippen LogP contribution in [0.4, 0.5) is 5.69 Å². The molecule has 0 atom stereocenters. The first-order valence-corrected chi connectivity index (χ1v) is 6.23. The number of anilines is 1. The van der Waals surface area contributed by atoms with Crippen molar-refractivity contribution in [1.29, 1.82) is 0 Å². The van der Waals surface area contributed by atoms with Crippen LogP contribution in [0.2, 0.25) is 0 Å². The highest BCUT2D eigenvalue weighted by molar-refractivity contribution is 5.52. The zero-order valence-corrected chi connectivity index (χ0v) is 11.1. The van der Waals surface area contributed by atoms with E-state index in [0.717, 1.165) is 32.8 Å². The van der Waals surface area contributed by atoms with Crippen molar-refractivity contribution in [2.75, 3.05) is 38.3 Å². The average molecular weight is 237 g/mol. The van der Waals surface area contributed by atoms with E-state index in [4.69, 9.17) is 4.74 Å². The standard InChI is InChI=1S/C13H23N3O/c1-4-16(8-9-17-5-2)13-6-7-15-11-12(13)10-14-3/h6-7,11,14H,4-5,8-10H2,1-3H3. The molecule has 1 aromatic heterocycles. The Kier molecular flexibility index (Phi) is 6.58. The van der Waals surface area contributed by atoms with Gasteiger partial charge in [0.1, 0.15) is 0 Å². The van der Waals surface area contributed by atoms with E-state index in [1.165, 1.54) is 11.3 Å². The monoisotopic (exact) mass is 237 g/mol. The molecular formula is C13H23N3O. The molecule has 0 fully saturated rings. The first-order valence-electron chi connectivity index (χ1n) is 6.23. The summed E-state index contributed by atoms with van der Waals surface area (Å²) in [5.41, 5.74) is 2.48. The maximum absolute atomic E-state index is 5.41. The third-order valence-corrected chi connectivity index (χ3v) is 2.68. The van der Waals surface area contributed by atoms with Crippen LogP contribution in [0.15, 0.2) is 18.5 Å². The molecule has 96 valence electrons. The predicted molar refractivity (Wildman–Crippen MR) is 71.4 cm³/mol. The SMILES string of the molecule is CCOCCN(CC)c1ccncc1CNC. The molecule has 0 aromatic carbocycles. The number of nitrogens with zero attached hydrogens (tertiary/aromatic N) is 2. The maximum Gasteiger partial charge on any atom is 0.0641 e. The Balaban J connectivity index is 2.72. The Labute approximate surface area is 104 Å². The molecule has 17 heavy (non-hydrogen) atoms. The van der Waals surface area contributed by atoms with Crippen LogP contribution in [0.1, 0.15) is 19.4 Å². The van der Waals surface area contributed by atoms with Crippen LogP contribution in [-0.4, -0.2) is 38.3 Å². The van der Waals surface area contributed by atoms with Crippen LogP contribution in [-0.2, 0) is 11.3 Å². The van der Waals surface area contributed by atoms with Crippen molar-refractivity contribution in [1.82, 2.24) is 10.3 Å². The zero-order valence-electron chi connectivity index (χ0n) is 11.1. The Hall–Kier alpha value is -1.13. The molecule has 0 unspecified atom stereocenters. The van der Waals surface area contributed by atoms with Crippen LogP contribution >= 0.6 is 0 Å². The van der Waals surface area contributed by atoms with E-state index in [2.05, 4.69) is 28.2 Å². The summed E-state index contributed by atoms with van der Waals surface area (Å²) >= 11 is 0. The molecule has 0 spiro atoms. The second-order valence-electron chi connectivity index (χ2n) is 3.81. The lowest BCUT2D eigenvalue weighted by molar-refractivity contribution is 0.154. The zero-order chi connectivity index (χ0) is 12.5. The molecule has 0 saturated heterocycles. The summed E-state index contributed by atoms with van der Waals surface area (Å²) in [7, 11) is 1.95. The van der Waals surface area contributed by atoms with Gasteiger partial charge in [0.2, 0.25) is 0 Å². The maximum atomic E-state index is 5.41. The van der Waals surface area contributed by atoms with Crippen LogP contribution in [0.25, 0.3) is 0 Å². The molecule has 0 saturated carbocycles. The summed E-state index contributed by atoms with van der Waals surface area (Å²) in [5.74, 6) is 0. The fraction of sp³-hybridized carbons (Fsp3) is 0.615. The van der Waals surface area contributed by atoms with Crippen LogP contribution < -0.4 is 10.2 Å². The van der Waals surface area contributed by atoms with Gasteiger partial charge in [0.05, 0.1) is 6.61 Å². The Bertz CT molecular complexity index is 317. The molecule has 4 heteroatoms. The molecule has 1 heterocycles. The van der Waals surface area contributed by atoms with E-state index in [1.54, 1.807) is 0 Å². The minimum Gasteiger partial charge on any atom is -0.380 e. The Morgan fingerprint density at radius 3 is 2.88 bits per heavy atom. The van der Waals surface area contributed by atoms with Crippen molar-refractivity contribution < 1.29 is 4.74 Å². The smallest absolute Gasteiger partial charge is 0.0641 e. The van der Waals surface area contributed by atoms with Gasteiger partial charge in [-0.05, 0) is 27.0 Å². The molecule has 0 aliphatic carbocycles. The van der Waals surface area contributed by atoms with Gasteiger partial charge >= 0.3 is 0 Å². The number of nitrogens with one attached hydrogen (secondary N) is 1. The van der Waals surface area contributed by atoms with Crippen molar-refractivity contribution in [3.8, 4) is 0 Å². The number of pyridine rings is 1. The average Bonchev–Trinajstić information content (AvgIpc) is 2.36. The molecular weight excluding hydrogens is 214 g/mol. The number of hydrogen-bond donors (Lipinski definition) is 1. The minimum absolute atomic E-state index is 0.770. The normalized spacial score (nSPS) is 10.5. The van der Waals surface area contributed by atoms with Gasteiger partial charge in [0, 0.05) is 49.9 Å². The van der Waals surface area contributed by atoms with Crippen LogP contribution in [0.3, 0.4) is 0 Å². The summed E-state index contributed by atoms with van der Waals surface area (Å²) in [4.78, 5) is 6.50. The summed E-state index contributed by atoms with van der Waals surface area (Å²) in [5, 5.41) is 3.17. The molecule has 4 nitrogen and oxygen atoms in total. The van der Waals surface area contributed by atoms with E-state index < -0.39 is 0 Å². The van der Waals surface area contributed by atoms with Crippen molar-refractivity contribution in [3.63, 3.8) is 0 Å². The lowest BCUT2D eigenvalue weighted by atomic mass is 10.2. The third kappa shape index (κ3) is 4.32. The molecule has 1 rings (SSSR count). The van der Waals surface area contributed by atoms with Crippen LogP contribution in [0, 0.1) is 0 Å². The molecule has 0 amide bonds. The fourth-order valence-corrected chi connectivity index (χ4v) is 1.82. The topological polar surface area (TPSA) is 37.4 Å². The van der Waals surface area contributed by atoms with Gasteiger partial charge in [-0.1, -0.05) is 0 Å². The molecule has 1 N–H and O–H groups in total. The van der Waals surface area contributed by atoms with E-state index in [0.29, 0.717) is 0 Å². The molecule has 0 aliphatic rings. The Morgan fingerprint density at radius 2 is 2.24 bits per heavy atom. The van der Waals surface area contributed by atoms with E-state index >= 15 is 0 Å². The van der Waals surface area contributed by atoms with Gasteiger partial charge in [0.25, 0.3) is 0 Å². The van der Waals surface area contributed by atoms with Gasteiger partial charge in [-0.15, -0.1) is 0 Å². The van der Waals surface area contributed by atoms with Crippen molar-refractivity contribution >= 4 is 5.69 Å². The number of aromatic nitrogens is 1.